The second-order valence-electron chi connectivity index (χ2n) is 6.73. The highest BCUT2D eigenvalue weighted by molar-refractivity contribution is 7.99. The Labute approximate surface area is 176 Å². The number of ether oxygens (including phenoxy) is 1. The van der Waals surface area contributed by atoms with E-state index >= 15 is 0 Å². The van der Waals surface area contributed by atoms with E-state index in [9.17, 15) is 9.18 Å². The van der Waals surface area contributed by atoms with Crippen LogP contribution in [0.5, 0.6) is 5.75 Å². The fourth-order valence-electron chi connectivity index (χ4n) is 3.16. The molecule has 0 aliphatic rings. The molecule has 0 saturated carbocycles. The van der Waals surface area contributed by atoms with Crippen molar-refractivity contribution in [2.75, 3.05) is 5.75 Å². The quantitative estimate of drug-likeness (QED) is 0.302. The Hall–Kier alpha value is -3.13. The minimum Gasteiger partial charge on any atom is -0.481 e. The van der Waals surface area contributed by atoms with Gasteiger partial charge in [-0.2, -0.15) is 0 Å². The van der Waals surface area contributed by atoms with E-state index in [1.165, 1.54) is 41.6 Å². The Morgan fingerprint density at radius 1 is 1.23 bits per heavy atom. The summed E-state index contributed by atoms with van der Waals surface area (Å²) >= 11 is 1.18. The number of halogens is 1. The average Bonchev–Trinajstić information content (AvgIpc) is 3.41. The highest BCUT2D eigenvalue weighted by Crippen LogP contribution is 2.27. The normalized spacial score (nSPS) is 12.2. The predicted octanol–water partition coefficient (Wildman–Crippen LogP) is 5.37. The highest BCUT2D eigenvalue weighted by Gasteiger charge is 2.18. The molecule has 2 aromatic heterocycles. The lowest BCUT2D eigenvalue weighted by Crippen LogP contribution is -2.03. The van der Waals surface area contributed by atoms with Gasteiger partial charge in [0, 0.05) is 22.7 Å². The molecule has 0 aliphatic heterocycles. The molecule has 6 nitrogen and oxygen atoms in total. The molecule has 4 aromatic rings. The van der Waals surface area contributed by atoms with E-state index in [4.69, 9.17) is 9.15 Å². The van der Waals surface area contributed by atoms with Gasteiger partial charge >= 0.3 is 0 Å². The molecule has 154 valence electrons. The van der Waals surface area contributed by atoms with Crippen LogP contribution in [0, 0.1) is 5.82 Å². The van der Waals surface area contributed by atoms with E-state index in [2.05, 4.69) is 28.2 Å². The number of nitrogens with zero attached hydrogens (tertiary/aromatic N) is 2. The average molecular weight is 425 g/mol. The SMILES string of the molecule is CCc1cccc2c(C(=O)CSc3nnc([C@H](C)Oc4ccc(F)cc4)o3)c[nH]c12. The Morgan fingerprint density at radius 3 is 2.80 bits per heavy atom. The number of aryl methyl sites for hydroxylation is 1. The summed E-state index contributed by atoms with van der Waals surface area (Å²) in [4.78, 5) is 15.9. The van der Waals surface area contributed by atoms with Crippen LogP contribution < -0.4 is 4.74 Å². The summed E-state index contributed by atoms with van der Waals surface area (Å²) < 4.78 is 24.3. The molecule has 2 heterocycles. The van der Waals surface area contributed by atoms with Gasteiger partial charge in [0.2, 0.25) is 0 Å². The largest absolute Gasteiger partial charge is 0.481 e. The van der Waals surface area contributed by atoms with Crippen molar-refractivity contribution in [1.29, 1.82) is 0 Å². The third-order valence-corrected chi connectivity index (χ3v) is 5.52. The van der Waals surface area contributed by atoms with Crippen molar-refractivity contribution < 1.29 is 18.3 Å². The molecule has 30 heavy (non-hydrogen) atoms. The highest BCUT2D eigenvalue weighted by atomic mass is 32.2. The monoisotopic (exact) mass is 425 g/mol. The van der Waals surface area contributed by atoms with Crippen molar-refractivity contribution in [3.63, 3.8) is 0 Å². The molecule has 0 saturated heterocycles. The number of aromatic amines is 1. The molecular weight excluding hydrogens is 405 g/mol. The Morgan fingerprint density at radius 2 is 2.03 bits per heavy atom. The summed E-state index contributed by atoms with van der Waals surface area (Å²) in [5, 5.41) is 9.19. The van der Waals surface area contributed by atoms with E-state index in [0.29, 0.717) is 16.5 Å². The third kappa shape index (κ3) is 4.23. The van der Waals surface area contributed by atoms with Crippen LogP contribution in [0.25, 0.3) is 10.9 Å². The summed E-state index contributed by atoms with van der Waals surface area (Å²) in [5.41, 5.74) is 2.83. The van der Waals surface area contributed by atoms with Crippen molar-refractivity contribution in [2.45, 2.75) is 31.6 Å². The number of carbonyl (C=O) groups is 1. The van der Waals surface area contributed by atoms with Crippen LogP contribution in [-0.2, 0) is 6.42 Å². The number of ketones is 1. The smallest absolute Gasteiger partial charge is 0.277 e. The number of H-pyrrole nitrogens is 1. The molecule has 1 N–H and O–H groups in total. The topological polar surface area (TPSA) is 81.0 Å². The molecule has 0 bridgehead atoms. The molecule has 2 aromatic carbocycles. The lowest BCUT2D eigenvalue weighted by Gasteiger charge is -2.10. The molecule has 0 unspecified atom stereocenters. The van der Waals surface area contributed by atoms with E-state index in [0.717, 1.165) is 17.3 Å². The molecule has 0 amide bonds. The maximum atomic E-state index is 13.0. The second-order valence-corrected chi connectivity index (χ2v) is 7.65. The van der Waals surface area contributed by atoms with Crippen LogP contribution in [0.1, 0.15) is 41.8 Å². The van der Waals surface area contributed by atoms with Crippen molar-refractivity contribution in [3.8, 4) is 5.75 Å². The first kappa shape index (κ1) is 20.2. The first-order valence-electron chi connectivity index (χ1n) is 9.55. The van der Waals surface area contributed by atoms with Gasteiger partial charge in [-0.05, 0) is 43.2 Å². The van der Waals surface area contributed by atoms with Crippen LogP contribution in [0.3, 0.4) is 0 Å². The third-order valence-electron chi connectivity index (χ3n) is 4.71. The van der Waals surface area contributed by atoms with Crippen molar-refractivity contribution >= 4 is 28.4 Å². The lowest BCUT2D eigenvalue weighted by atomic mass is 10.1. The first-order chi connectivity index (χ1) is 14.5. The number of aromatic nitrogens is 3. The van der Waals surface area contributed by atoms with Crippen LogP contribution >= 0.6 is 11.8 Å². The Balaban J connectivity index is 1.39. The minimum atomic E-state index is -0.505. The number of benzene rings is 2. The maximum absolute atomic E-state index is 13.0. The van der Waals surface area contributed by atoms with Gasteiger partial charge in [0.15, 0.2) is 11.9 Å². The van der Waals surface area contributed by atoms with E-state index in [1.54, 1.807) is 13.1 Å². The summed E-state index contributed by atoms with van der Waals surface area (Å²) in [6, 6.07) is 11.7. The zero-order chi connectivity index (χ0) is 21.1. The number of fused-ring (bicyclic) bond motifs is 1. The standard InChI is InChI=1S/C22H20FN3O3S/c1-3-14-5-4-6-17-18(11-24-20(14)17)19(27)12-30-22-26-25-21(29-22)13(2)28-16-9-7-15(23)8-10-16/h4-11,13,24H,3,12H2,1-2H3/t13-/m0/s1. The van der Waals surface area contributed by atoms with Crippen LogP contribution in [-0.4, -0.2) is 26.7 Å². The van der Waals surface area contributed by atoms with Crippen LogP contribution in [0.2, 0.25) is 0 Å². The van der Waals surface area contributed by atoms with Gasteiger partial charge in [-0.15, -0.1) is 10.2 Å². The van der Waals surface area contributed by atoms with Crippen molar-refractivity contribution in [3.05, 3.63) is 71.5 Å². The van der Waals surface area contributed by atoms with Crippen LogP contribution in [0.4, 0.5) is 4.39 Å². The molecule has 4 rings (SSSR count). The van der Waals surface area contributed by atoms with Gasteiger partial charge in [0.25, 0.3) is 11.1 Å². The molecule has 1 atom stereocenters. The molecule has 8 heteroatoms. The Bertz CT molecular complexity index is 1170. The molecule has 0 aliphatic carbocycles. The number of para-hydroxylation sites is 1. The van der Waals surface area contributed by atoms with Gasteiger partial charge < -0.3 is 14.1 Å². The van der Waals surface area contributed by atoms with Gasteiger partial charge in [-0.1, -0.05) is 36.9 Å². The summed E-state index contributed by atoms with van der Waals surface area (Å²) in [5.74, 6) is 0.608. The number of Topliss-reactive ketones (excluding diaryl/α,β-unsaturated/α-hetero) is 1. The molecular formula is C22H20FN3O3S. The number of hydrogen-bond donors (Lipinski definition) is 1. The maximum Gasteiger partial charge on any atom is 0.277 e. The van der Waals surface area contributed by atoms with Crippen molar-refractivity contribution in [1.82, 2.24) is 15.2 Å². The summed E-state index contributed by atoms with van der Waals surface area (Å²) in [7, 11) is 0. The van der Waals surface area contributed by atoms with Gasteiger partial charge in [-0.25, -0.2) is 4.39 Å². The number of carbonyl (C=O) groups excluding carboxylic acids is 1. The second kappa shape index (κ2) is 8.71. The summed E-state index contributed by atoms with van der Waals surface area (Å²) in [6.45, 7) is 3.84. The van der Waals surface area contributed by atoms with Gasteiger partial charge in [-0.3, -0.25) is 4.79 Å². The van der Waals surface area contributed by atoms with Gasteiger partial charge in [0.1, 0.15) is 11.6 Å². The number of hydrogen-bond acceptors (Lipinski definition) is 6. The first-order valence-corrected chi connectivity index (χ1v) is 10.5. The molecule has 0 radical (unpaired) electrons. The molecule has 0 fully saturated rings. The van der Waals surface area contributed by atoms with Crippen molar-refractivity contribution in [2.24, 2.45) is 0 Å². The molecule has 0 spiro atoms. The number of nitrogens with one attached hydrogen (secondary N) is 1. The zero-order valence-corrected chi connectivity index (χ0v) is 17.3. The Kier molecular flexibility index (Phi) is 5.85. The fourth-order valence-corrected chi connectivity index (χ4v) is 3.81. The number of rotatable bonds is 8. The predicted molar refractivity (Wildman–Crippen MR) is 112 cm³/mol. The number of thioether (sulfide) groups is 1. The van der Waals surface area contributed by atoms with Gasteiger partial charge in [0.05, 0.1) is 5.75 Å². The summed E-state index contributed by atoms with van der Waals surface area (Å²) in [6.07, 6.45) is 2.14. The fraction of sp³-hybridized carbons (Fsp3) is 0.227. The minimum absolute atomic E-state index is 0.0186. The lowest BCUT2D eigenvalue weighted by molar-refractivity contribution is 0.102. The van der Waals surface area contributed by atoms with E-state index in [-0.39, 0.29) is 23.2 Å². The van der Waals surface area contributed by atoms with Crippen LogP contribution in [0.15, 0.2) is 58.3 Å². The zero-order valence-electron chi connectivity index (χ0n) is 16.5. The van der Waals surface area contributed by atoms with E-state index < -0.39 is 6.10 Å². The van der Waals surface area contributed by atoms with E-state index in [1.807, 2.05) is 12.1 Å².